The Morgan fingerprint density at radius 1 is 1.08 bits per heavy atom. The standard InChI is InChI=1S/C9H16O3/c1-9(2,3)7-6-4-10-8(12-7)11-5-6/h6-8H,4-5H2,1-3H3. The molecule has 0 amide bonds. The molecule has 0 spiro atoms. The van der Waals surface area contributed by atoms with Crippen LogP contribution < -0.4 is 0 Å². The van der Waals surface area contributed by atoms with Gasteiger partial charge in [-0.15, -0.1) is 0 Å². The van der Waals surface area contributed by atoms with Gasteiger partial charge in [0, 0.05) is 5.92 Å². The molecular weight excluding hydrogens is 156 g/mol. The van der Waals surface area contributed by atoms with Crippen LogP contribution in [0.5, 0.6) is 0 Å². The molecule has 12 heavy (non-hydrogen) atoms. The molecule has 3 saturated heterocycles. The third-order valence-corrected chi connectivity index (χ3v) is 2.43. The number of hydrogen-bond donors (Lipinski definition) is 0. The van der Waals surface area contributed by atoms with E-state index in [0.717, 1.165) is 13.2 Å². The quantitative estimate of drug-likeness (QED) is 0.552. The fourth-order valence-electron chi connectivity index (χ4n) is 1.90. The van der Waals surface area contributed by atoms with Crippen molar-refractivity contribution in [2.45, 2.75) is 33.4 Å². The molecule has 0 aliphatic carbocycles. The van der Waals surface area contributed by atoms with Crippen molar-refractivity contribution >= 4 is 0 Å². The van der Waals surface area contributed by atoms with Crippen molar-refractivity contribution in [1.29, 1.82) is 0 Å². The van der Waals surface area contributed by atoms with Crippen LogP contribution in [0.25, 0.3) is 0 Å². The van der Waals surface area contributed by atoms with E-state index in [1.54, 1.807) is 0 Å². The number of rotatable bonds is 0. The third kappa shape index (κ3) is 1.37. The van der Waals surface area contributed by atoms with E-state index in [4.69, 9.17) is 14.2 Å². The Bertz CT molecular complexity index is 165. The summed E-state index contributed by atoms with van der Waals surface area (Å²) in [5.41, 5.74) is 0.191. The minimum atomic E-state index is -0.403. The second kappa shape index (κ2) is 2.69. The van der Waals surface area contributed by atoms with Crippen LogP contribution in [0, 0.1) is 11.3 Å². The lowest BCUT2D eigenvalue weighted by atomic mass is 9.81. The highest BCUT2D eigenvalue weighted by molar-refractivity contribution is 4.85. The molecule has 3 aliphatic rings. The van der Waals surface area contributed by atoms with Gasteiger partial charge in [0.2, 0.25) is 0 Å². The van der Waals surface area contributed by atoms with Gasteiger partial charge in [0.25, 0.3) is 6.48 Å². The normalized spacial score (nSPS) is 41.8. The minimum absolute atomic E-state index is 0.191. The third-order valence-electron chi connectivity index (χ3n) is 2.43. The monoisotopic (exact) mass is 172 g/mol. The molecule has 0 aromatic carbocycles. The van der Waals surface area contributed by atoms with Crippen molar-refractivity contribution in [3.05, 3.63) is 0 Å². The van der Waals surface area contributed by atoms with Crippen LogP contribution in [0.15, 0.2) is 0 Å². The van der Waals surface area contributed by atoms with Crippen LogP contribution >= 0.6 is 0 Å². The SMILES string of the molecule is CC(C)(C)C1OC2OCC1CO2. The smallest absolute Gasteiger partial charge is 0.271 e. The second-order valence-electron chi connectivity index (χ2n) is 4.64. The van der Waals surface area contributed by atoms with Gasteiger partial charge in [-0.25, -0.2) is 0 Å². The van der Waals surface area contributed by atoms with Crippen LogP contribution in [0.1, 0.15) is 20.8 Å². The average Bonchev–Trinajstić information content (AvgIpc) is 2.05. The Kier molecular flexibility index (Phi) is 1.90. The topological polar surface area (TPSA) is 27.7 Å². The molecule has 3 heteroatoms. The molecule has 2 bridgehead atoms. The number of hydrogen-bond acceptors (Lipinski definition) is 3. The highest BCUT2D eigenvalue weighted by Gasteiger charge is 2.43. The Morgan fingerprint density at radius 2 is 1.67 bits per heavy atom. The predicted octanol–water partition coefficient (Wildman–Crippen LogP) is 1.38. The van der Waals surface area contributed by atoms with Gasteiger partial charge in [-0.3, -0.25) is 0 Å². The number of ether oxygens (including phenoxy) is 3. The lowest BCUT2D eigenvalue weighted by Crippen LogP contribution is -2.54. The van der Waals surface area contributed by atoms with Crippen molar-refractivity contribution in [3.8, 4) is 0 Å². The molecule has 0 aromatic rings. The van der Waals surface area contributed by atoms with E-state index in [1.807, 2.05) is 0 Å². The summed E-state index contributed by atoms with van der Waals surface area (Å²) in [6.07, 6.45) is 0.282. The van der Waals surface area contributed by atoms with Crippen molar-refractivity contribution < 1.29 is 14.2 Å². The van der Waals surface area contributed by atoms with Gasteiger partial charge in [0.05, 0.1) is 19.3 Å². The largest absolute Gasteiger partial charge is 0.329 e. The van der Waals surface area contributed by atoms with Gasteiger partial charge in [-0.05, 0) is 5.41 Å². The van der Waals surface area contributed by atoms with Crippen molar-refractivity contribution in [1.82, 2.24) is 0 Å². The second-order valence-corrected chi connectivity index (χ2v) is 4.64. The molecule has 0 saturated carbocycles. The maximum atomic E-state index is 5.61. The van der Waals surface area contributed by atoms with E-state index in [0.29, 0.717) is 5.92 Å². The van der Waals surface area contributed by atoms with Crippen LogP contribution in [0.4, 0.5) is 0 Å². The summed E-state index contributed by atoms with van der Waals surface area (Å²) >= 11 is 0. The zero-order chi connectivity index (χ0) is 8.77. The van der Waals surface area contributed by atoms with E-state index < -0.39 is 6.48 Å². The summed E-state index contributed by atoms with van der Waals surface area (Å²) in [4.78, 5) is 0. The molecule has 70 valence electrons. The Hall–Kier alpha value is -0.120. The van der Waals surface area contributed by atoms with E-state index in [2.05, 4.69) is 20.8 Å². The first-order valence-corrected chi connectivity index (χ1v) is 4.46. The van der Waals surface area contributed by atoms with Crippen molar-refractivity contribution in [3.63, 3.8) is 0 Å². The van der Waals surface area contributed by atoms with E-state index in [1.165, 1.54) is 0 Å². The molecule has 1 atom stereocenters. The average molecular weight is 172 g/mol. The van der Waals surface area contributed by atoms with E-state index >= 15 is 0 Å². The van der Waals surface area contributed by atoms with Crippen molar-refractivity contribution in [2.75, 3.05) is 13.2 Å². The van der Waals surface area contributed by atoms with Crippen LogP contribution in [0.2, 0.25) is 0 Å². The first kappa shape index (κ1) is 8.48. The zero-order valence-corrected chi connectivity index (χ0v) is 7.87. The molecule has 0 radical (unpaired) electrons. The Balaban J connectivity index is 2.09. The highest BCUT2D eigenvalue weighted by Crippen LogP contribution is 2.36. The lowest BCUT2D eigenvalue weighted by molar-refractivity contribution is -0.404. The summed E-state index contributed by atoms with van der Waals surface area (Å²) in [7, 11) is 0. The maximum absolute atomic E-state index is 5.61. The maximum Gasteiger partial charge on any atom is 0.271 e. The van der Waals surface area contributed by atoms with Gasteiger partial charge in [0.1, 0.15) is 0 Å². The van der Waals surface area contributed by atoms with Crippen molar-refractivity contribution in [2.24, 2.45) is 11.3 Å². The summed E-state index contributed by atoms with van der Waals surface area (Å²) in [6, 6.07) is 0. The summed E-state index contributed by atoms with van der Waals surface area (Å²) in [6.45, 7) is 7.74. The van der Waals surface area contributed by atoms with Crippen LogP contribution in [-0.4, -0.2) is 25.8 Å². The Morgan fingerprint density at radius 3 is 1.92 bits per heavy atom. The summed E-state index contributed by atoms with van der Waals surface area (Å²) < 4.78 is 16.1. The predicted molar refractivity (Wildman–Crippen MR) is 43.5 cm³/mol. The van der Waals surface area contributed by atoms with Gasteiger partial charge in [-0.1, -0.05) is 20.8 Å². The molecule has 3 heterocycles. The zero-order valence-electron chi connectivity index (χ0n) is 7.87. The van der Waals surface area contributed by atoms with Gasteiger partial charge >= 0.3 is 0 Å². The van der Waals surface area contributed by atoms with Gasteiger partial charge in [0.15, 0.2) is 0 Å². The molecular formula is C9H16O3. The van der Waals surface area contributed by atoms with Gasteiger partial charge in [-0.2, -0.15) is 0 Å². The van der Waals surface area contributed by atoms with E-state index in [9.17, 15) is 0 Å². The fraction of sp³-hybridized carbons (Fsp3) is 1.00. The van der Waals surface area contributed by atoms with Gasteiger partial charge < -0.3 is 14.2 Å². The van der Waals surface area contributed by atoms with Crippen LogP contribution in [-0.2, 0) is 14.2 Å². The fourth-order valence-corrected chi connectivity index (χ4v) is 1.90. The Labute approximate surface area is 73.0 Å². The molecule has 0 N–H and O–H groups in total. The summed E-state index contributed by atoms with van der Waals surface area (Å²) in [5.74, 6) is 0.412. The molecule has 3 rings (SSSR count). The number of fused-ring (bicyclic) bond motifs is 3. The molecule has 0 aromatic heterocycles. The molecule has 3 fully saturated rings. The molecule has 3 aliphatic heterocycles. The van der Waals surface area contributed by atoms with E-state index in [-0.39, 0.29) is 11.5 Å². The molecule has 3 nitrogen and oxygen atoms in total. The first-order chi connectivity index (χ1) is 5.57. The van der Waals surface area contributed by atoms with Crippen LogP contribution in [0.3, 0.4) is 0 Å². The molecule has 1 unspecified atom stereocenters. The summed E-state index contributed by atoms with van der Waals surface area (Å²) in [5, 5.41) is 0. The minimum Gasteiger partial charge on any atom is -0.329 e. The first-order valence-electron chi connectivity index (χ1n) is 4.46. The lowest BCUT2D eigenvalue weighted by Gasteiger charge is -2.46. The highest BCUT2D eigenvalue weighted by atomic mass is 16.9.